The average Bonchev–Trinajstić information content (AvgIpc) is 2.70. The molecule has 30 heavy (non-hydrogen) atoms. The number of nitrogens with zero attached hydrogens (tertiary/aromatic N) is 2. The molecule has 4 rings (SSSR count). The number of rotatable bonds is 4. The summed E-state index contributed by atoms with van der Waals surface area (Å²) in [5, 5.41) is 5.49. The molecule has 2 aliphatic rings. The molecule has 3 heterocycles. The van der Waals surface area contributed by atoms with E-state index >= 15 is 0 Å². The number of amides is 2. The molecule has 2 N–H and O–H groups in total. The summed E-state index contributed by atoms with van der Waals surface area (Å²) >= 11 is 0. The molecule has 1 aromatic heterocycles. The fourth-order valence-electron chi connectivity index (χ4n) is 4.06. The Morgan fingerprint density at radius 3 is 2.73 bits per heavy atom. The van der Waals surface area contributed by atoms with Crippen LogP contribution in [0.4, 0.5) is 15.9 Å². The first-order chi connectivity index (χ1) is 14.4. The molecule has 2 amide bonds. The maximum atomic E-state index is 13.5. The fourth-order valence-corrected chi connectivity index (χ4v) is 4.06. The van der Waals surface area contributed by atoms with Crippen LogP contribution < -0.4 is 15.5 Å². The zero-order valence-electron chi connectivity index (χ0n) is 17.0. The van der Waals surface area contributed by atoms with Gasteiger partial charge in [0, 0.05) is 37.9 Å². The van der Waals surface area contributed by atoms with Gasteiger partial charge in [0.1, 0.15) is 11.6 Å². The van der Waals surface area contributed by atoms with Crippen molar-refractivity contribution in [2.24, 2.45) is 0 Å². The Morgan fingerprint density at radius 1 is 1.27 bits per heavy atom. The van der Waals surface area contributed by atoms with Crippen LogP contribution in [0.25, 0.3) is 0 Å². The van der Waals surface area contributed by atoms with Crippen molar-refractivity contribution in [3.8, 4) is 0 Å². The minimum atomic E-state index is -0.641. The van der Waals surface area contributed by atoms with Gasteiger partial charge in [0.15, 0.2) is 0 Å². The van der Waals surface area contributed by atoms with Crippen LogP contribution in [-0.4, -0.2) is 42.1 Å². The van der Waals surface area contributed by atoms with Gasteiger partial charge in [-0.15, -0.1) is 0 Å². The summed E-state index contributed by atoms with van der Waals surface area (Å²) in [6.07, 6.45) is 2.09. The highest BCUT2D eigenvalue weighted by molar-refractivity contribution is 6.01. The summed E-state index contributed by atoms with van der Waals surface area (Å²) in [6, 6.07) is 7.97. The third kappa shape index (κ3) is 4.43. The van der Waals surface area contributed by atoms with Crippen LogP contribution in [-0.2, 0) is 20.9 Å². The largest absolute Gasteiger partial charge is 0.372 e. The van der Waals surface area contributed by atoms with E-state index in [0.717, 1.165) is 24.5 Å². The number of halogens is 1. The first-order valence-corrected chi connectivity index (χ1v) is 10.1. The number of hydrogen-bond acceptors (Lipinski definition) is 5. The van der Waals surface area contributed by atoms with Crippen molar-refractivity contribution >= 4 is 23.3 Å². The lowest BCUT2D eigenvalue weighted by molar-refractivity contribution is -0.126. The Balaban J connectivity index is 1.39. The molecule has 2 aliphatic heterocycles. The highest BCUT2D eigenvalue weighted by atomic mass is 19.1. The van der Waals surface area contributed by atoms with E-state index < -0.39 is 11.7 Å². The summed E-state index contributed by atoms with van der Waals surface area (Å²) < 4.78 is 19.2. The van der Waals surface area contributed by atoms with E-state index in [1.165, 1.54) is 12.1 Å². The number of benzene rings is 1. The second kappa shape index (κ2) is 8.39. The molecule has 0 saturated carbocycles. The standard InChI is InChI=1S/C22H25FN4O3/c1-13-11-27(12-14(2)30-13)20-6-3-15(9-24-20)10-25-22(29)18-8-21(28)26-19-7-16(23)4-5-17(18)19/h3-7,9,13-14,18H,8,10-12H2,1-2H3,(H,25,29)(H,26,28). The van der Waals surface area contributed by atoms with Crippen molar-refractivity contribution in [1.82, 2.24) is 10.3 Å². The fraction of sp³-hybridized carbons (Fsp3) is 0.409. The van der Waals surface area contributed by atoms with Crippen LogP contribution in [0.1, 0.15) is 37.3 Å². The quantitative estimate of drug-likeness (QED) is 0.807. The summed E-state index contributed by atoms with van der Waals surface area (Å²) in [5.74, 6) is -0.777. The Hall–Kier alpha value is -3.00. The lowest BCUT2D eigenvalue weighted by Crippen LogP contribution is -2.45. The Labute approximate surface area is 174 Å². The van der Waals surface area contributed by atoms with Crippen LogP contribution in [0.5, 0.6) is 0 Å². The predicted molar refractivity (Wildman–Crippen MR) is 111 cm³/mol. The van der Waals surface area contributed by atoms with Gasteiger partial charge in [0.05, 0.1) is 18.1 Å². The predicted octanol–water partition coefficient (Wildman–Crippen LogP) is 2.58. The van der Waals surface area contributed by atoms with Crippen LogP contribution in [0.2, 0.25) is 0 Å². The van der Waals surface area contributed by atoms with Gasteiger partial charge in [-0.05, 0) is 43.2 Å². The number of nitrogens with one attached hydrogen (secondary N) is 2. The molecule has 3 unspecified atom stereocenters. The molecule has 0 radical (unpaired) electrons. The molecule has 1 saturated heterocycles. The summed E-state index contributed by atoms with van der Waals surface area (Å²) in [4.78, 5) is 31.4. The van der Waals surface area contributed by atoms with Gasteiger partial charge in [-0.3, -0.25) is 9.59 Å². The highest BCUT2D eigenvalue weighted by Crippen LogP contribution is 2.33. The molecule has 1 fully saturated rings. The van der Waals surface area contributed by atoms with E-state index in [2.05, 4.69) is 20.5 Å². The van der Waals surface area contributed by atoms with Crippen molar-refractivity contribution < 1.29 is 18.7 Å². The van der Waals surface area contributed by atoms with Gasteiger partial charge in [0.2, 0.25) is 11.8 Å². The number of aromatic nitrogens is 1. The van der Waals surface area contributed by atoms with Crippen LogP contribution in [0.15, 0.2) is 36.5 Å². The van der Waals surface area contributed by atoms with Crippen molar-refractivity contribution in [3.63, 3.8) is 0 Å². The molecule has 3 atom stereocenters. The Kier molecular flexibility index (Phi) is 5.67. The van der Waals surface area contributed by atoms with Gasteiger partial charge < -0.3 is 20.3 Å². The normalized spacial score (nSPS) is 23.5. The summed E-state index contributed by atoms with van der Waals surface area (Å²) in [5.41, 5.74) is 1.84. The number of ether oxygens (including phenoxy) is 1. The smallest absolute Gasteiger partial charge is 0.228 e. The first kappa shape index (κ1) is 20.3. The number of fused-ring (bicyclic) bond motifs is 1. The topological polar surface area (TPSA) is 83.6 Å². The summed E-state index contributed by atoms with van der Waals surface area (Å²) in [7, 11) is 0. The maximum absolute atomic E-state index is 13.5. The molecule has 1 aromatic carbocycles. The number of carbonyl (C=O) groups excluding carboxylic acids is 2. The van der Waals surface area contributed by atoms with Gasteiger partial charge >= 0.3 is 0 Å². The maximum Gasteiger partial charge on any atom is 0.228 e. The van der Waals surface area contributed by atoms with Crippen LogP contribution in [0, 0.1) is 5.82 Å². The lowest BCUT2D eigenvalue weighted by atomic mass is 9.89. The van der Waals surface area contributed by atoms with Crippen molar-refractivity contribution in [2.45, 2.75) is 44.9 Å². The van der Waals surface area contributed by atoms with E-state index in [0.29, 0.717) is 17.8 Å². The molecule has 0 spiro atoms. The van der Waals surface area contributed by atoms with Gasteiger partial charge in [-0.25, -0.2) is 9.37 Å². The van der Waals surface area contributed by atoms with E-state index in [-0.39, 0.29) is 30.4 Å². The molecule has 2 aromatic rings. The number of hydrogen-bond donors (Lipinski definition) is 2. The Morgan fingerprint density at radius 2 is 2.03 bits per heavy atom. The minimum absolute atomic E-state index is 0.0368. The van der Waals surface area contributed by atoms with Gasteiger partial charge in [-0.2, -0.15) is 0 Å². The van der Waals surface area contributed by atoms with E-state index in [1.807, 2.05) is 26.0 Å². The van der Waals surface area contributed by atoms with Gasteiger partial charge in [-0.1, -0.05) is 12.1 Å². The zero-order chi connectivity index (χ0) is 21.3. The molecular weight excluding hydrogens is 387 g/mol. The Bertz CT molecular complexity index is 940. The van der Waals surface area contributed by atoms with Crippen molar-refractivity contribution in [3.05, 3.63) is 53.5 Å². The van der Waals surface area contributed by atoms with Crippen LogP contribution in [0.3, 0.4) is 0 Å². The number of morpholine rings is 1. The second-order valence-electron chi connectivity index (χ2n) is 7.94. The molecule has 7 nitrogen and oxygen atoms in total. The third-order valence-electron chi connectivity index (χ3n) is 5.39. The van der Waals surface area contributed by atoms with E-state index in [4.69, 9.17) is 4.74 Å². The number of pyridine rings is 1. The molecular formula is C22H25FN4O3. The SMILES string of the molecule is CC1CN(c2ccc(CNC(=O)C3CC(=O)Nc4cc(F)ccc43)cn2)CC(C)O1. The molecule has 158 valence electrons. The monoisotopic (exact) mass is 412 g/mol. The zero-order valence-corrected chi connectivity index (χ0v) is 17.0. The van der Waals surface area contributed by atoms with Gasteiger partial charge in [0.25, 0.3) is 0 Å². The second-order valence-corrected chi connectivity index (χ2v) is 7.94. The first-order valence-electron chi connectivity index (χ1n) is 10.1. The molecule has 0 bridgehead atoms. The molecule has 8 heteroatoms. The van der Waals surface area contributed by atoms with Crippen LogP contribution >= 0.6 is 0 Å². The number of carbonyl (C=O) groups is 2. The van der Waals surface area contributed by atoms with Crippen molar-refractivity contribution in [1.29, 1.82) is 0 Å². The minimum Gasteiger partial charge on any atom is -0.372 e. The molecule has 0 aliphatic carbocycles. The van der Waals surface area contributed by atoms with Crippen molar-refractivity contribution in [2.75, 3.05) is 23.3 Å². The highest BCUT2D eigenvalue weighted by Gasteiger charge is 2.31. The average molecular weight is 412 g/mol. The van der Waals surface area contributed by atoms with E-state index in [1.54, 1.807) is 12.3 Å². The number of anilines is 2. The van der Waals surface area contributed by atoms with E-state index in [9.17, 15) is 14.0 Å². The summed E-state index contributed by atoms with van der Waals surface area (Å²) in [6.45, 7) is 5.97. The third-order valence-corrected chi connectivity index (χ3v) is 5.39. The lowest BCUT2D eigenvalue weighted by Gasteiger charge is -2.36.